The third-order valence-electron chi connectivity index (χ3n) is 4.92. The van der Waals surface area contributed by atoms with Crippen LogP contribution in [-0.2, 0) is 16.6 Å². The van der Waals surface area contributed by atoms with Crippen molar-refractivity contribution in [3.8, 4) is 5.75 Å². The van der Waals surface area contributed by atoms with Gasteiger partial charge in [-0.1, -0.05) is 30.3 Å². The third-order valence-corrected chi connectivity index (χ3v) is 6.32. The first-order chi connectivity index (χ1) is 15.9. The quantitative estimate of drug-likeness (QED) is 0.449. The fourth-order valence-electron chi connectivity index (χ4n) is 3.22. The largest absolute Gasteiger partial charge is 0.494 e. The van der Waals surface area contributed by atoms with Crippen LogP contribution in [0.3, 0.4) is 0 Å². The van der Waals surface area contributed by atoms with Crippen molar-refractivity contribution in [2.24, 2.45) is 0 Å². The number of amides is 1. The van der Waals surface area contributed by atoms with Crippen molar-refractivity contribution >= 4 is 21.6 Å². The lowest BCUT2D eigenvalue weighted by Crippen LogP contribution is -2.32. The second-order valence-corrected chi connectivity index (χ2v) is 9.25. The summed E-state index contributed by atoms with van der Waals surface area (Å²) in [4.78, 5) is 14.6. The topological polar surface area (TPSA) is 87.7 Å². The van der Waals surface area contributed by atoms with Crippen LogP contribution in [0.2, 0.25) is 0 Å². The number of carbonyl (C=O) groups excluding carboxylic acids is 1. The van der Waals surface area contributed by atoms with Crippen LogP contribution in [0.5, 0.6) is 5.75 Å². The van der Waals surface area contributed by atoms with Crippen LogP contribution < -0.4 is 14.8 Å². The van der Waals surface area contributed by atoms with Crippen molar-refractivity contribution in [1.82, 2.24) is 10.2 Å². The number of ether oxygens (including phenoxy) is 1. The van der Waals surface area contributed by atoms with E-state index in [4.69, 9.17) is 4.74 Å². The molecule has 0 aliphatic rings. The van der Waals surface area contributed by atoms with Gasteiger partial charge in [0.15, 0.2) is 0 Å². The molecule has 0 bridgehead atoms. The summed E-state index contributed by atoms with van der Waals surface area (Å²) in [7, 11) is -1.77. The predicted molar refractivity (Wildman–Crippen MR) is 130 cm³/mol. The first-order valence-corrected chi connectivity index (χ1v) is 12.2. The van der Waals surface area contributed by atoms with Crippen LogP contribution in [0, 0.1) is 0 Å². The molecular weight excluding hydrogens is 438 g/mol. The smallest absolute Gasteiger partial charge is 0.261 e. The van der Waals surface area contributed by atoms with Gasteiger partial charge in [-0.25, -0.2) is 8.42 Å². The Kier molecular flexibility index (Phi) is 8.46. The number of benzene rings is 3. The molecule has 0 aliphatic carbocycles. The number of hydrogen-bond donors (Lipinski definition) is 2. The van der Waals surface area contributed by atoms with Gasteiger partial charge in [-0.2, -0.15) is 0 Å². The number of nitrogens with one attached hydrogen (secondary N) is 2. The van der Waals surface area contributed by atoms with Gasteiger partial charge in [0.2, 0.25) is 0 Å². The lowest BCUT2D eigenvalue weighted by molar-refractivity contribution is 0.0949. The molecule has 1 amide bonds. The lowest BCUT2D eigenvalue weighted by atomic mass is 10.2. The van der Waals surface area contributed by atoms with Crippen molar-refractivity contribution in [2.75, 3.05) is 31.5 Å². The summed E-state index contributed by atoms with van der Waals surface area (Å²) in [6.07, 6.45) is 0. The first-order valence-electron chi connectivity index (χ1n) is 10.7. The van der Waals surface area contributed by atoms with Crippen molar-refractivity contribution in [3.63, 3.8) is 0 Å². The van der Waals surface area contributed by atoms with Crippen LogP contribution in [0.1, 0.15) is 22.8 Å². The Morgan fingerprint density at radius 1 is 0.939 bits per heavy atom. The highest BCUT2D eigenvalue weighted by Crippen LogP contribution is 2.20. The van der Waals surface area contributed by atoms with Crippen molar-refractivity contribution in [2.45, 2.75) is 18.4 Å². The molecule has 0 atom stereocenters. The van der Waals surface area contributed by atoms with E-state index in [1.807, 2.05) is 32.2 Å². The SMILES string of the molecule is CCOc1ccc(NS(=O)(=O)c2ccc(C(=O)NCCN(C)Cc3ccccc3)cc2)cc1. The van der Waals surface area contributed by atoms with E-state index in [9.17, 15) is 13.2 Å². The molecule has 2 N–H and O–H groups in total. The van der Waals surface area contributed by atoms with Crippen molar-refractivity contribution in [1.29, 1.82) is 0 Å². The molecule has 3 aromatic rings. The summed E-state index contributed by atoms with van der Waals surface area (Å²) >= 11 is 0. The summed E-state index contributed by atoms with van der Waals surface area (Å²) in [5.74, 6) is 0.425. The fraction of sp³-hybridized carbons (Fsp3) is 0.240. The van der Waals surface area contributed by atoms with E-state index in [-0.39, 0.29) is 10.8 Å². The number of hydrogen-bond acceptors (Lipinski definition) is 5. The molecule has 3 rings (SSSR count). The van der Waals surface area contributed by atoms with E-state index < -0.39 is 10.0 Å². The molecule has 3 aromatic carbocycles. The zero-order valence-electron chi connectivity index (χ0n) is 18.8. The maximum Gasteiger partial charge on any atom is 0.261 e. The monoisotopic (exact) mass is 467 g/mol. The Bertz CT molecular complexity index is 1130. The van der Waals surface area contributed by atoms with Crippen LogP contribution >= 0.6 is 0 Å². The van der Waals surface area contributed by atoms with Gasteiger partial charge in [-0.05, 0) is 68.1 Å². The number of rotatable bonds is 11. The highest BCUT2D eigenvalue weighted by atomic mass is 32.2. The van der Waals surface area contributed by atoms with E-state index >= 15 is 0 Å². The molecule has 33 heavy (non-hydrogen) atoms. The van der Waals surface area contributed by atoms with Crippen LogP contribution in [-0.4, -0.2) is 46.0 Å². The Morgan fingerprint density at radius 3 is 2.24 bits per heavy atom. The first kappa shape index (κ1) is 24.3. The molecule has 0 radical (unpaired) electrons. The van der Waals surface area contributed by atoms with E-state index in [1.165, 1.54) is 29.8 Å². The van der Waals surface area contributed by atoms with E-state index in [0.717, 1.165) is 6.54 Å². The van der Waals surface area contributed by atoms with Gasteiger partial charge in [0.05, 0.1) is 11.5 Å². The van der Waals surface area contributed by atoms with Gasteiger partial charge in [-0.15, -0.1) is 0 Å². The minimum Gasteiger partial charge on any atom is -0.494 e. The van der Waals surface area contributed by atoms with Gasteiger partial charge in [-0.3, -0.25) is 9.52 Å². The third kappa shape index (κ3) is 7.34. The van der Waals surface area contributed by atoms with E-state index in [0.29, 0.717) is 36.7 Å². The molecule has 174 valence electrons. The number of anilines is 1. The van der Waals surface area contributed by atoms with Crippen LogP contribution in [0.4, 0.5) is 5.69 Å². The van der Waals surface area contributed by atoms with Gasteiger partial charge in [0.1, 0.15) is 5.75 Å². The van der Waals surface area contributed by atoms with Crippen molar-refractivity contribution in [3.05, 3.63) is 90.0 Å². The number of carbonyl (C=O) groups is 1. The Hall–Kier alpha value is -3.36. The molecule has 0 saturated carbocycles. The zero-order chi connectivity index (χ0) is 23.7. The molecular formula is C25H29N3O4S. The normalized spacial score (nSPS) is 11.2. The van der Waals surface area contributed by atoms with Crippen molar-refractivity contribution < 1.29 is 17.9 Å². The molecule has 0 unspecified atom stereocenters. The molecule has 0 spiro atoms. The molecule has 0 aromatic heterocycles. The molecule has 0 heterocycles. The average molecular weight is 468 g/mol. The highest BCUT2D eigenvalue weighted by molar-refractivity contribution is 7.92. The average Bonchev–Trinajstić information content (AvgIpc) is 2.81. The summed E-state index contributed by atoms with van der Waals surface area (Å²) in [6, 6.07) is 22.7. The molecule has 0 saturated heterocycles. The zero-order valence-corrected chi connectivity index (χ0v) is 19.6. The van der Waals surface area contributed by atoms with Crippen LogP contribution in [0.25, 0.3) is 0 Å². The standard InChI is InChI=1S/C25H29N3O4S/c1-3-32-23-13-11-22(12-14-23)27-33(30,31)24-15-9-21(10-16-24)25(29)26-17-18-28(2)19-20-7-5-4-6-8-20/h4-16,27H,3,17-19H2,1-2H3,(H,26,29). The number of sulfonamides is 1. The van der Waals surface area contributed by atoms with Gasteiger partial charge in [0.25, 0.3) is 15.9 Å². The maximum absolute atomic E-state index is 12.6. The Labute approximate surface area is 195 Å². The molecule has 0 fully saturated rings. The highest BCUT2D eigenvalue weighted by Gasteiger charge is 2.15. The minimum absolute atomic E-state index is 0.0792. The summed E-state index contributed by atoms with van der Waals surface area (Å²) in [5, 5.41) is 2.87. The summed E-state index contributed by atoms with van der Waals surface area (Å²) in [5.41, 5.74) is 2.04. The summed E-state index contributed by atoms with van der Waals surface area (Å²) < 4.78 is 33.2. The van der Waals surface area contributed by atoms with Crippen LogP contribution in [0.15, 0.2) is 83.8 Å². The summed E-state index contributed by atoms with van der Waals surface area (Å²) in [6.45, 7) is 4.39. The molecule has 0 aliphatic heterocycles. The molecule has 8 heteroatoms. The molecule has 7 nitrogen and oxygen atoms in total. The van der Waals surface area contributed by atoms with Gasteiger partial charge < -0.3 is 15.0 Å². The maximum atomic E-state index is 12.6. The Balaban J connectivity index is 1.51. The van der Waals surface area contributed by atoms with Gasteiger partial charge >= 0.3 is 0 Å². The van der Waals surface area contributed by atoms with Gasteiger partial charge in [0, 0.05) is 30.9 Å². The Morgan fingerprint density at radius 2 is 1.61 bits per heavy atom. The van der Waals surface area contributed by atoms with E-state index in [1.54, 1.807) is 24.3 Å². The number of nitrogens with zero attached hydrogens (tertiary/aromatic N) is 1. The predicted octanol–water partition coefficient (Wildman–Crippen LogP) is 3.75. The second kappa shape index (κ2) is 11.5. The minimum atomic E-state index is -3.77. The second-order valence-electron chi connectivity index (χ2n) is 7.57. The lowest BCUT2D eigenvalue weighted by Gasteiger charge is -2.17. The fourth-order valence-corrected chi connectivity index (χ4v) is 4.28. The number of likely N-dealkylation sites (N-methyl/N-ethyl adjacent to an activating group) is 1. The van der Waals surface area contributed by atoms with E-state index in [2.05, 4.69) is 27.1 Å².